The van der Waals surface area contributed by atoms with Gasteiger partial charge in [-0.25, -0.2) is 0 Å². The standard InChI is InChI=1S/C26H40O6/c1-2-4-6-8-12-16-28-18-20-30-22-24-32-26-14-10-9-13-25(26)31-23-21-29-19-17-27-15-11-7-5-3-1/h1-4,9-10,13-14H,5-8,11-12,15-24H2/b3-1-,4-2+. The average Bonchev–Trinajstić information content (AvgIpc) is 2.81. The van der Waals surface area contributed by atoms with Gasteiger partial charge in [0.2, 0.25) is 0 Å². The van der Waals surface area contributed by atoms with Gasteiger partial charge in [0.25, 0.3) is 0 Å². The Hall–Kier alpha value is -1.86. The maximum Gasteiger partial charge on any atom is 0.161 e. The van der Waals surface area contributed by atoms with Crippen molar-refractivity contribution in [2.24, 2.45) is 0 Å². The fraction of sp³-hybridized carbons (Fsp3) is 0.615. The minimum absolute atomic E-state index is 0.467. The Morgan fingerprint density at radius 1 is 0.438 bits per heavy atom. The van der Waals surface area contributed by atoms with Gasteiger partial charge in [0, 0.05) is 13.2 Å². The van der Waals surface area contributed by atoms with Crippen molar-refractivity contribution in [3.05, 3.63) is 48.6 Å². The van der Waals surface area contributed by atoms with Crippen LogP contribution < -0.4 is 9.47 Å². The van der Waals surface area contributed by atoms with Crippen LogP contribution in [0.4, 0.5) is 0 Å². The van der Waals surface area contributed by atoms with Crippen LogP contribution in [0.2, 0.25) is 0 Å². The van der Waals surface area contributed by atoms with Crippen LogP contribution in [0, 0.1) is 0 Å². The van der Waals surface area contributed by atoms with E-state index < -0.39 is 0 Å². The van der Waals surface area contributed by atoms with E-state index in [0.717, 1.165) is 51.7 Å². The number of hydrogen-bond donors (Lipinski definition) is 0. The first-order valence-corrected chi connectivity index (χ1v) is 11.9. The maximum atomic E-state index is 5.80. The topological polar surface area (TPSA) is 55.4 Å². The molecule has 0 atom stereocenters. The van der Waals surface area contributed by atoms with Crippen molar-refractivity contribution in [2.75, 3.05) is 66.1 Å². The first-order valence-electron chi connectivity index (χ1n) is 11.9. The molecule has 1 aromatic rings. The van der Waals surface area contributed by atoms with Crippen molar-refractivity contribution >= 4 is 0 Å². The number of fused-ring (bicyclic) bond motifs is 1. The highest BCUT2D eigenvalue weighted by Crippen LogP contribution is 2.26. The molecule has 0 fully saturated rings. The van der Waals surface area contributed by atoms with E-state index in [4.69, 9.17) is 28.4 Å². The molecule has 0 spiro atoms. The predicted molar refractivity (Wildman–Crippen MR) is 127 cm³/mol. The number of para-hydroxylation sites is 2. The van der Waals surface area contributed by atoms with Crippen LogP contribution in [0.25, 0.3) is 0 Å². The Morgan fingerprint density at radius 3 is 1.31 bits per heavy atom. The highest BCUT2D eigenvalue weighted by Gasteiger charge is 2.04. The second-order valence-corrected chi connectivity index (χ2v) is 7.44. The summed E-state index contributed by atoms with van der Waals surface area (Å²) in [5.41, 5.74) is 0. The zero-order chi connectivity index (χ0) is 22.4. The van der Waals surface area contributed by atoms with Gasteiger partial charge >= 0.3 is 0 Å². The van der Waals surface area contributed by atoms with E-state index in [-0.39, 0.29) is 0 Å². The summed E-state index contributed by atoms with van der Waals surface area (Å²) in [6.45, 7) is 5.90. The lowest BCUT2D eigenvalue weighted by atomic mass is 10.2. The summed E-state index contributed by atoms with van der Waals surface area (Å²) < 4.78 is 34.0. The molecule has 0 bridgehead atoms. The molecule has 0 saturated carbocycles. The van der Waals surface area contributed by atoms with E-state index in [9.17, 15) is 0 Å². The molecule has 1 aromatic carbocycles. The Labute approximate surface area is 193 Å². The first kappa shape index (κ1) is 26.4. The quantitative estimate of drug-likeness (QED) is 0.558. The summed E-state index contributed by atoms with van der Waals surface area (Å²) in [6, 6.07) is 7.66. The summed E-state index contributed by atoms with van der Waals surface area (Å²) in [4.78, 5) is 0. The molecular weight excluding hydrogens is 408 g/mol. The molecule has 1 aliphatic heterocycles. The molecule has 0 N–H and O–H groups in total. The fourth-order valence-electron chi connectivity index (χ4n) is 3.04. The normalized spacial score (nSPS) is 22.1. The van der Waals surface area contributed by atoms with Gasteiger partial charge in [-0.15, -0.1) is 0 Å². The van der Waals surface area contributed by atoms with Crippen molar-refractivity contribution in [2.45, 2.75) is 38.5 Å². The van der Waals surface area contributed by atoms with E-state index in [1.165, 1.54) is 0 Å². The third-order valence-electron chi connectivity index (χ3n) is 4.77. The minimum atomic E-state index is 0.467. The molecule has 6 nitrogen and oxygen atoms in total. The molecule has 0 radical (unpaired) electrons. The van der Waals surface area contributed by atoms with Crippen LogP contribution in [0.5, 0.6) is 11.5 Å². The fourth-order valence-corrected chi connectivity index (χ4v) is 3.04. The van der Waals surface area contributed by atoms with Crippen molar-refractivity contribution in [3.63, 3.8) is 0 Å². The third kappa shape index (κ3) is 14.2. The summed E-state index contributed by atoms with van der Waals surface area (Å²) in [7, 11) is 0. The van der Waals surface area contributed by atoms with Gasteiger partial charge in [0.05, 0.1) is 39.6 Å². The van der Waals surface area contributed by atoms with E-state index >= 15 is 0 Å². The molecule has 1 heterocycles. The van der Waals surface area contributed by atoms with Crippen LogP contribution in [-0.2, 0) is 18.9 Å². The number of ether oxygens (including phenoxy) is 6. The Kier molecular flexibility index (Phi) is 16.3. The van der Waals surface area contributed by atoms with E-state index in [1.54, 1.807) is 0 Å². The van der Waals surface area contributed by atoms with Crippen molar-refractivity contribution < 1.29 is 28.4 Å². The van der Waals surface area contributed by atoms with Crippen LogP contribution in [0.1, 0.15) is 38.5 Å². The van der Waals surface area contributed by atoms with E-state index in [2.05, 4.69) is 24.3 Å². The molecule has 2 rings (SSSR count). The van der Waals surface area contributed by atoms with Gasteiger partial charge in [0.1, 0.15) is 13.2 Å². The smallest absolute Gasteiger partial charge is 0.161 e. The summed E-state index contributed by atoms with van der Waals surface area (Å²) in [5, 5.41) is 0. The number of hydrogen-bond acceptors (Lipinski definition) is 6. The number of allylic oxidation sites excluding steroid dienone is 4. The minimum Gasteiger partial charge on any atom is -0.487 e. The van der Waals surface area contributed by atoms with Crippen molar-refractivity contribution in [1.29, 1.82) is 0 Å². The van der Waals surface area contributed by atoms with Gasteiger partial charge in [-0.1, -0.05) is 36.4 Å². The van der Waals surface area contributed by atoms with Crippen molar-refractivity contribution in [3.8, 4) is 11.5 Å². The van der Waals surface area contributed by atoms with Gasteiger partial charge in [0.15, 0.2) is 11.5 Å². The monoisotopic (exact) mass is 448 g/mol. The number of rotatable bonds is 0. The van der Waals surface area contributed by atoms with Crippen LogP contribution >= 0.6 is 0 Å². The lowest BCUT2D eigenvalue weighted by Gasteiger charge is -2.13. The van der Waals surface area contributed by atoms with Crippen molar-refractivity contribution in [1.82, 2.24) is 0 Å². The van der Waals surface area contributed by atoms with Gasteiger partial charge < -0.3 is 28.4 Å². The molecule has 0 amide bonds. The second-order valence-electron chi connectivity index (χ2n) is 7.44. The average molecular weight is 449 g/mol. The van der Waals surface area contributed by atoms with Crippen LogP contribution in [-0.4, -0.2) is 66.1 Å². The van der Waals surface area contributed by atoms with Gasteiger partial charge in [-0.2, -0.15) is 0 Å². The molecule has 32 heavy (non-hydrogen) atoms. The lowest BCUT2D eigenvalue weighted by molar-refractivity contribution is 0.0322. The zero-order valence-electron chi connectivity index (χ0n) is 19.4. The third-order valence-corrected chi connectivity index (χ3v) is 4.77. The van der Waals surface area contributed by atoms with Crippen LogP contribution in [0.3, 0.4) is 0 Å². The SMILES string of the molecule is C1=C\CCCCOCCOCCOc2ccccc2OCCOCCOCCCC/C=C/1. The highest BCUT2D eigenvalue weighted by atomic mass is 16.6. The molecule has 0 unspecified atom stereocenters. The van der Waals surface area contributed by atoms with Gasteiger partial charge in [-0.3, -0.25) is 0 Å². The molecule has 0 aliphatic carbocycles. The second kappa shape index (κ2) is 19.8. The Balaban J connectivity index is 1.68. The predicted octanol–water partition coefficient (Wildman–Crippen LogP) is 4.98. The van der Waals surface area contributed by atoms with Gasteiger partial charge in [-0.05, 0) is 50.7 Å². The molecule has 6 heteroatoms. The largest absolute Gasteiger partial charge is 0.487 e. The zero-order valence-corrected chi connectivity index (χ0v) is 19.4. The Morgan fingerprint density at radius 2 is 0.844 bits per heavy atom. The van der Waals surface area contributed by atoms with E-state index in [0.29, 0.717) is 64.4 Å². The molecule has 0 saturated heterocycles. The summed E-state index contributed by atoms with van der Waals surface area (Å²) >= 11 is 0. The summed E-state index contributed by atoms with van der Waals surface area (Å²) in [6.07, 6.45) is 15.3. The molecule has 0 aromatic heterocycles. The Bertz CT molecular complexity index is 563. The number of benzene rings is 1. The summed E-state index contributed by atoms with van der Waals surface area (Å²) in [5.74, 6) is 1.43. The first-order chi connectivity index (χ1) is 16.0. The lowest BCUT2D eigenvalue weighted by Crippen LogP contribution is -2.13. The molecule has 1 aliphatic rings. The molecular formula is C26H40O6. The molecule has 180 valence electrons. The highest BCUT2D eigenvalue weighted by molar-refractivity contribution is 5.39. The van der Waals surface area contributed by atoms with E-state index in [1.807, 2.05) is 24.3 Å². The maximum absolute atomic E-state index is 5.80. The van der Waals surface area contributed by atoms with Crippen LogP contribution in [0.15, 0.2) is 48.6 Å².